The Bertz CT molecular complexity index is 408. The van der Waals surface area contributed by atoms with Gasteiger partial charge in [0.05, 0.1) is 0 Å². The van der Waals surface area contributed by atoms with E-state index in [1.54, 1.807) is 0 Å². The van der Waals surface area contributed by atoms with Gasteiger partial charge in [-0.3, -0.25) is 0 Å². The van der Waals surface area contributed by atoms with Crippen LogP contribution in [0.25, 0.3) is 0 Å². The van der Waals surface area contributed by atoms with E-state index in [2.05, 4.69) is 9.97 Å². The van der Waals surface area contributed by atoms with Crippen LogP contribution in [-0.2, 0) is 0 Å². The number of aromatic nitrogens is 2. The summed E-state index contributed by atoms with van der Waals surface area (Å²) in [7, 11) is 0. The van der Waals surface area contributed by atoms with Crippen LogP contribution < -0.4 is 17.2 Å². The zero-order valence-electron chi connectivity index (χ0n) is 8.80. The van der Waals surface area contributed by atoms with Gasteiger partial charge in [-0.2, -0.15) is 9.97 Å². The summed E-state index contributed by atoms with van der Waals surface area (Å²) in [5.41, 5.74) is 17.7. The maximum atomic E-state index is 9.05. The minimum atomic E-state index is 0.0674. The highest BCUT2D eigenvalue weighted by molar-refractivity contribution is 5.59. The zero-order valence-corrected chi connectivity index (χ0v) is 8.80. The lowest BCUT2D eigenvalue weighted by atomic mass is 9.96. The molecule has 16 heavy (non-hydrogen) atoms. The minimum Gasteiger partial charge on any atom is -0.396 e. The Morgan fingerprint density at radius 1 is 1.19 bits per heavy atom. The number of nitrogen functional groups attached to an aromatic ring is 3. The molecule has 1 aliphatic rings. The molecule has 0 spiro atoms. The SMILES string of the molecule is Nc1nc(N)c([C@H]2C=C[C@@H](CO)C2)c(N)n1. The molecule has 2 rings (SSSR count). The quantitative estimate of drug-likeness (QED) is 0.516. The Hall–Kier alpha value is -1.82. The molecule has 1 heterocycles. The van der Waals surface area contributed by atoms with Crippen LogP contribution in [0.3, 0.4) is 0 Å². The normalized spacial score (nSPS) is 23.8. The topological polar surface area (TPSA) is 124 Å². The van der Waals surface area contributed by atoms with Crippen molar-refractivity contribution in [1.29, 1.82) is 0 Å². The van der Waals surface area contributed by atoms with E-state index in [0.717, 1.165) is 6.42 Å². The van der Waals surface area contributed by atoms with E-state index in [1.807, 2.05) is 12.2 Å². The molecule has 0 bridgehead atoms. The molecular formula is C10H15N5O. The molecule has 0 amide bonds. The monoisotopic (exact) mass is 221 g/mol. The van der Waals surface area contributed by atoms with Gasteiger partial charge in [0.25, 0.3) is 0 Å². The molecule has 2 atom stereocenters. The standard InChI is InChI=1S/C10H15N5O/c11-8-7(9(12)15-10(13)14-8)6-2-1-5(3-6)4-16/h1-2,5-6,16H,3-4H2,(H6,11,12,13,14,15)/t5-,6+/m1/s1. The van der Waals surface area contributed by atoms with Crippen LogP contribution in [0.1, 0.15) is 17.9 Å². The number of nitrogens with two attached hydrogens (primary N) is 3. The van der Waals surface area contributed by atoms with Crippen LogP contribution in [0.15, 0.2) is 12.2 Å². The number of nitrogens with zero attached hydrogens (tertiary/aromatic N) is 2. The van der Waals surface area contributed by atoms with Crippen molar-refractivity contribution in [1.82, 2.24) is 9.97 Å². The summed E-state index contributed by atoms with van der Waals surface area (Å²) < 4.78 is 0. The molecule has 1 aliphatic carbocycles. The first-order valence-electron chi connectivity index (χ1n) is 5.09. The molecule has 6 heteroatoms. The average Bonchev–Trinajstić information content (AvgIpc) is 2.64. The molecule has 0 unspecified atom stereocenters. The lowest BCUT2D eigenvalue weighted by molar-refractivity contribution is 0.249. The second kappa shape index (κ2) is 3.97. The Kier molecular flexibility index (Phi) is 2.66. The number of aliphatic hydroxyl groups is 1. The molecule has 0 saturated carbocycles. The Morgan fingerprint density at radius 3 is 2.31 bits per heavy atom. The third kappa shape index (κ3) is 1.79. The molecular weight excluding hydrogens is 206 g/mol. The smallest absolute Gasteiger partial charge is 0.223 e. The van der Waals surface area contributed by atoms with Crippen LogP contribution in [0, 0.1) is 5.92 Å². The highest BCUT2D eigenvalue weighted by Crippen LogP contribution is 2.36. The highest BCUT2D eigenvalue weighted by Gasteiger charge is 2.24. The van der Waals surface area contributed by atoms with Gasteiger partial charge in [-0.25, -0.2) is 0 Å². The number of allylic oxidation sites excluding steroid dienone is 1. The summed E-state index contributed by atoms with van der Waals surface area (Å²) in [6, 6.07) is 0. The fourth-order valence-corrected chi connectivity index (χ4v) is 2.03. The van der Waals surface area contributed by atoms with E-state index in [4.69, 9.17) is 22.3 Å². The van der Waals surface area contributed by atoms with E-state index in [0.29, 0.717) is 17.2 Å². The lowest BCUT2D eigenvalue weighted by Crippen LogP contribution is -2.11. The first-order chi connectivity index (χ1) is 7.61. The van der Waals surface area contributed by atoms with Crippen molar-refractivity contribution in [3.05, 3.63) is 17.7 Å². The van der Waals surface area contributed by atoms with Crippen LogP contribution >= 0.6 is 0 Å². The van der Waals surface area contributed by atoms with Crippen LogP contribution in [0.5, 0.6) is 0 Å². The van der Waals surface area contributed by atoms with Gasteiger partial charge in [0.2, 0.25) is 5.95 Å². The van der Waals surface area contributed by atoms with E-state index in [9.17, 15) is 0 Å². The van der Waals surface area contributed by atoms with Crippen LogP contribution in [0.4, 0.5) is 17.6 Å². The predicted octanol–water partition coefficient (Wildman–Crippen LogP) is -0.125. The Labute approximate surface area is 93.2 Å². The fraction of sp³-hybridized carbons (Fsp3) is 0.400. The number of rotatable bonds is 2. The Morgan fingerprint density at radius 2 is 1.81 bits per heavy atom. The van der Waals surface area contributed by atoms with E-state index in [-0.39, 0.29) is 24.4 Å². The fourth-order valence-electron chi connectivity index (χ4n) is 2.03. The zero-order chi connectivity index (χ0) is 11.7. The maximum absolute atomic E-state index is 9.05. The highest BCUT2D eigenvalue weighted by atomic mass is 16.3. The molecule has 86 valence electrons. The molecule has 0 aromatic carbocycles. The molecule has 0 fully saturated rings. The second-order valence-corrected chi connectivity index (χ2v) is 3.94. The van der Waals surface area contributed by atoms with E-state index >= 15 is 0 Å². The largest absolute Gasteiger partial charge is 0.396 e. The molecule has 1 aromatic rings. The second-order valence-electron chi connectivity index (χ2n) is 3.94. The lowest BCUT2D eigenvalue weighted by Gasteiger charge is -2.14. The van der Waals surface area contributed by atoms with Gasteiger partial charge >= 0.3 is 0 Å². The van der Waals surface area contributed by atoms with Gasteiger partial charge in [0.15, 0.2) is 0 Å². The summed E-state index contributed by atoms with van der Waals surface area (Å²) >= 11 is 0. The van der Waals surface area contributed by atoms with E-state index < -0.39 is 0 Å². The summed E-state index contributed by atoms with van der Waals surface area (Å²) in [4.78, 5) is 7.80. The molecule has 7 N–H and O–H groups in total. The maximum Gasteiger partial charge on any atom is 0.223 e. The first-order valence-corrected chi connectivity index (χ1v) is 5.09. The molecule has 0 aliphatic heterocycles. The van der Waals surface area contributed by atoms with Crippen molar-refractivity contribution in [2.75, 3.05) is 23.8 Å². The number of anilines is 3. The molecule has 6 nitrogen and oxygen atoms in total. The van der Waals surface area contributed by atoms with Gasteiger partial charge in [-0.1, -0.05) is 12.2 Å². The number of hydrogen-bond donors (Lipinski definition) is 4. The number of hydrogen-bond acceptors (Lipinski definition) is 6. The van der Waals surface area contributed by atoms with Crippen molar-refractivity contribution in [3.8, 4) is 0 Å². The van der Waals surface area contributed by atoms with Gasteiger partial charge in [-0.05, 0) is 6.42 Å². The molecule has 0 radical (unpaired) electrons. The van der Waals surface area contributed by atoms with Gasteiger partial charge in [-0.15, -0.1) is 0 Å². The third-order valence-electron chi connectivity index (χ3n) is 2.80. The van der Waals surface area contributed by atoms with Gasteiger partial charge in [0.1, 0.15) is 11.6 Å². The third-order valence-corrected chi connectivity index (χ3v) is 2.80. The van der Waals surface area contributed by atoms with Gasteiger partial charge < -0.3 is 22.3 Å². The van der Waals surface area contributed by atoms with Crippen molar-refractivity contribution in [3.63, 3.8) is 0 Å². The van der Waals surface area contributed by atoms with Crippen molar-refractivity contribution in [2.45, 2.75) is 12.3 Å². The van der Waals surface area contributed by atoms with Crippen LogP contribution in [-0.4, -0.2) is 21.7 Å². The summed E-state index contributed by atoms with van der Waals surface area (Å²) in [6.07, 6.45) is 4.71. The summed E-state index contributed by atoms with van der Waals surface area (Å²) in [6.45, 7) is 0.128. The average molecular weight is 221 g/mol. The predicted molar refractivity (Wildman–Crippen MR) is 62.3 cm³/mol. The minimum absolute atomic E-state index is 0.0674. The molecule has 0 saturated heterocycles. The van der Waals surface area contributed by atoms with Gasteiger partial charge in [0, 0.05) is 24.0 Å². The first kappa shape index (κ1) is 10.7. The van der Waals surface area contributed by atoms with Crippen molar-refractivity contribution >= 4 is 17.6 Å². The molecule has 1 aromatic heterocycles. The number of aliphatic hydroxyl groups excluding tert-OH is 1. The van der Waals surface area contributed by atoms with Crippen molar-refractivity contribution in [2.24, 2.45) is 5.92 Å². The summed E-state index contributed by atoms with van der Waals surface area (Å²) in [5.74, 6) is 0.940. The van der Waals surface area contributed by atoms with Crippen LogP contribution in [0.2, 0.25) is 0 Å². The van der Waals surface area contributed by atoms with Crippen molar-refractivity contribution < 1.29 is 5.11 Å². The Balaban J connectivity index is 2.32. The van der Waals surface area contributed by atoms with E-state index in [1.165, 1.54) is 0 Å². The summed E-state index contributed by atoms with van der Waals surface area (Å²) in [5, 5.41) is 9.05.